The van der Waals surface area contributed by atoms with Crippen LogP contribution in [0.3, 0.4) is 0 Å². The Morgan fingerprint density at radius 3 is 2.89 bits per heavy atom. The van der Waals surface area contributed by atoms with Crippen molar-refractivity contribution in [2.24, 2.45) is 0 Å². The quantitative estimate of drug-likeness (QED) is 0.549. The maximum Gasteiger partial charge on any atom is 0.315 e. The Morgan fingerprint density at radius 2 is 2.07 bits per heavy atom. The number of benzene rings is 1. The average molecular weight is 360 g/mol. The van der Waals surface area contributed by atoms with Crippen LogP contribution in [0.5, 0.6) is 0 Å². The molecule has 7 heteroatoms. The maximum absolute atomic E-state index is 5.74. The Balaban J connectivity index is 1.54. The van der Waals surface area contributed by atoms with E-state index in [4.69, 9.17) is 9.40 Å². The molecule has 1 aliphatic rings. The molecule has 0 saturated heterocycles. The third kappa shape index (κ3) is 3.05. The minimum absolute atomic E-state index is 0.231. The van der Waals surface area contributed by atoms with Crippen molar-refractivity contribution in [3.8, 4) is 22.7 Å². The van der Waals surface area contributed by atoms with Gasteiger partial charge >= 0.3 is 6.01 Å². The predicted octanol–water partition coefficient (Wildman–Crippen LogP) is 4.37. The van der Waals surface area contributed by atoms with Crippen molar-refractivity contribution in [1.29, 1.82) is 0 Å². The molecule has 2 N–H and O–H groups in total. The first-order valence-electron chi connectivity index (χ1n) is 9.21. The highest BCUT2D eigenvalue weighted by atomic mass is 16.4. The second-order valence-corrected chi connectivity index (χ2v) is 7.28. The Hall–Kier alpha value is -3.22. The second kappa shape index (κ2) is 6.19. The number of anilines is 1. The minimum Gasteiger partial charge on any atom is -0.403 e. The van der Waals surface area contributed by atoms with E-state index in [1.54, 1.807) is 0 Å². The van der Waals surface area contributed by atoms with Crippen molar-refractivity contribution in [1.82, 2.24) is 25.1 Å². The summed E-state index contributed by atoms with van der Waals surface area (Å²) in [5.41, 5.74) is 4.91. The van der Waals surface area contributed by atoms with Crippen LogP contribution < -0.4 is 5.32 Å². The van der Waals surface area contributed by atoms with Gasteiger partial charge in [-0.3, -0.25) is 4.98 Å². The van der Waals surface area contributed by atoms with Crippen molar-refractivity contribution in [3.05, 3.63) is 42.5 Å². The summed E-state index contributed by atoms with van der Waals surface area (Å²) in [5.74, 6) is 1.06. The summed E-state index contributed by atoms with van der Waals surface area (Å²) < 4.78 is 5.74. The number of aromatic nitrogens is 5. The lowest BCUT2D eigenvalue weighted by Gasteiger charge is -2.03. The highest BCUT2D eigenvalue weighted by molar-refractivity contribution is 5.96. The van der Waals surface area contributed by atoms with Crippen molar-refractivity contribution in [2.45, 2.75) is 38.6 Å². The Morgan fingerprint density at radius 1 is 1.19 bits per heavy atom. The average Bonchev–Trinajstić information content (AvgIpc) is 3.28. The zero-order valence-electron chi connectivity index (χ0n) is 15.2. The number of fused-ring (bicyclic) bond motifs is 1. The van der Waals surface area contributed by atoms with Gasteiger partial charge in [-0.2, -0.15) is 0 Å². The number of hydrogen-bond donors (Lipinski definition) is 2. The van der Waals surface area contributed by atoms with E-state index in [2.05, 4.69) is 31.5 Å². The van der Waals surface area contributed by atoms with Gasteiger partial charge in [0, 0.05) is 46.4 Å². The number of aromatic amines is 1. The van der Waals surface area contributed by atoms with E-state index in [-0.39, 0.29) is 6.04 Å². The topological polar surface area (TPSA) is 92.5 Å². The summed E-state index contributed by atoms with van der Waals surface area (Å²) in [6.07, 6.45) is 8.09. The monoisotopic (exact) mass is 360 g/mol. The van der Waals surface area contributed by atoms with Crippen LogP contribution >= 0.6 is 0 Å². The molecule has 0 amide bonds. The van der Waals surface area contributed by atoms with Crippen molar-refractivity contribution in [2.75, 3.05) is 5.32 Å². The zero-order chi connectivity index (χ0) is 18.4. The molecule has 1 saturated carbocycles. The molecule has 0 atom stereocenters. The fraction of sp³-hybridized carbons (Fsp3) is 0.300. The van der Waals surface area contributed by atoms with Gasteiger partial charge in [-0.25, -0.2) is 4.98 Å². The fourth-order valence-electron chi connectivity index (χ4n) is 3.20. The molecule has 1 aromatic carbocycles. The molecule has 7 nitrogen and oxygen atoms in total. The molecule has 0 radical (unpaired) electrons. The van der Waals surface area contributed by atoms with Gasteiger partial charge in [0.25, 0.3) is 0 Å². The van der Waals surface area contributed by atoms with E-state index in [0.29, 0.717) is 17.8 Å². The normalized spacial score (nSPS) is 14.2. The van der Waals surface area contributed by atoms with Crippen LogP contribution in [0.15, 0.2) is 41.2 Å². The molecule has 136 valence electrons. The summed E-state index contributed by atoms with van der Waals surface area (Å²) in [6.45, 7) is 4.05. The van der Waals surface area contributed by atoms with Crippen LogP contribution in [0, 0.1) is 0 Å². The number of nitrogens with one attached hydrogen (secondary N) is 2. The van der Waals surface area contributed by atoms with Crippen molar-refractivity contribution < 1.29 is 4.42 Å². The lowest BCUT2D eigenvalue weighted by atomic mass is 10.1. The summed E-state index contributed by atoms with van der Waals surface area (Å²) in [5, 5.41) is 12.4. The Kier molecular flexibility index (Phi) is 3.67. The Bertz CT molecular complexity index is 1110. The molecule has 1 fully saturated rings. The first-order chi connectivity index (χ1) is 13.2. The van der Waals surface area contributed by atoms with Gasteiger partial charge in [0.2, 0.25) is 5.89 Å². The first-order valence-corrected chi connectivity index (χ1v) is 9.21. The molecule has 3 heterocycles. The third-order valence-electron chi connectivity index (χ3n) is 4.69. The fourth-order valence-corrected chi connectivity index (χ4v) is 3.20. The van der Waals surface area contributed by atoms with Crippen LogP contribution in [0.2, 0.25) is 0 Å². The largest absolute Gasteiger partial charge is 0.403 e. The molecule has 0 bridgehead atoms. The van der Waals surface area contributed by atoms with Crippen LogP contribution in [0.25, 0.3) is 33.6 Å². The van der Waals surface area contributed by atoms with E-state index in [0.717, 1.165) is 33.4 Å². The summed E-state index contributed by atoms with van der Waals surface area (Å²) in [6, 6.07) is 6.71. The van der Waals surface area contributed by atoms with E-state index >= 15 is 0 Å². The second-order valence-electron chi connectivity index (χ2n) is 7.28. The standard InChI is InChI=1S/C20H20N6O/c1-11(2)23-20-26-25-19(27-20)13-5-6-16-14(7-13)15(8-22-16)18-10-21-9-17(24-18)12-3-4-12/h5-12,22H,3-4H2,1-2H3,(H,23,26). The molecular weight excluding hydrogens is 340 g/mol. The summed E-state index contributed by atoms with van der Waals surface area (Å²) >= 11 is 0. The van der Waals surface area contributed by atoms with Crippen LogP contribution in [-0.2, 0) is 0 Å². The first kappa shape index (κ1) is 16.0. The summed E-state index contributed by atoms with van der Waals surface area (Å²) in [4.78, 5) is 12.5. The molecule has 1 aliphatic carbocycles. The highest BCUT2D eigenvalue weighted by Gasteiger charge is 2.25. The number of nitrogens with zero attached hydrogens (tertiary/aromatic N) is 4. The van der Waals surface area contributed by atoms with Crippen molar-refractivity contribution >= 4 is 16.9 Å². The number of rotatable bonds is 5. The number of hydrogen-bond acceptors (Lipinski definition) is 6. The van der Waals surface area contributed by atoms with Crippen LogP contribution in [-0.4, -0.2) is 31.2 Å². The molecule has 0 spiro atoms. The van der Waals surface area contributed by atoms with Gasteiger partial charge in [0.15, 0.2) is 0 Å². The van der Waals surface area contributed by atoms with Gasteiger partial charge in [0.1, 0.15) is 0 Å². The lowest BCUT2D eigenvalue weighted by molar-refractivity contribution is 0.574. The molecule has 0 aliphatic heterocycles. The molecule has 3 aromatic heterocycles. The van der Waals surface area contributed by atoms with Gasteiger partial charge in [-0.15, -0.1) is 5.10 Å². The van der Waals surface area contributed by atoms with E-state index in [9.17, 15) is 0 Å². The SMILES string of the molecule is CC(C)Nc1nnc(-c2ccc3[nH]cc(-c4cncc(C5CC5)n4)c3c2)o1. The van der Waals surface area contributed by atoms with Crippen LogP contribution in [0.1, 0.15) is 38.3 Å². The van der Waals surface area contributed by atoms with E-state index in [1.165, 1.54) is 12.8 Å². The lowest BCUT2D eigenvalue weighted by Crippen LogP contribution is -2.09. The molecule has 0 unspecified atom stereocenters. The third-order valence-corrected chi connectivity index (χ3v) is 4.69. The number of H-pyrrole nitrogens is 1. The molecule has 4 aromatic rings. The zero-order valence-corrected chi connectivity index (χ0v) is 15.2. The van der Waals surface area contributed by atoms with Gasteiger partial charge in [-0.1, -0.05) is 5.10 Å². The smallest absolute Gasteiger partial charge is 0.315 e. The van der Waals surface area contributed by atoms with Crippen LogP contribution in [0.4, 0.5) is 6.01 Å². The van der Waals surface area contributed by atoms with Crippen molar-refractivity contribution in [3.63, 3.8) is 0 Å². The molecule has 27 heavy (non-hydrogen) atoms. The van der Waals surface area contributed by atoms with Gasteiger partial charge in [0.05, 0.1) is 17.6 Å². The highest BCUT2D eigenvalue weighted by Crippen LogP contribution is 2.39. The maximum atomic E-state index is 5.74. The predicted molar refractivity (Wildman–Crippen MR) is 103 cm³/mol. The van der Waals surface area contributed by atoms with Gasteiger partial charge in [-0.05, 0) is 44.9 Å². The molecular formula is C20H20N6O. The van der Waals surface area contributed by atoms with E-state index in [1.807, 2.05) is 44.6 Å². The molecule has 5 rings (SSSR count). The van der Waals surface area contributed by atoms with Gasteiger partial charge < -0.3 is 14.7 Å². The minimum atomic E-state index is 0.231. The summed E-state index contributed by atoms with van der Waals surface area (Å²) in [7, 11) is 0. The Labute approximate surface area is 156 Å². The van der Waals surface area contributed by atoms with E-state index < -0.39 is 0 Å².